The van der Waals surface area contributed by atoms with Crippen molar-refractivity contribution in [3.63, 3.8) is 0 Å². The number of nitrogens with one attached hydrogen (secondary N) is 2. The predicted octanol–water partition coefficient (Wildman–Crippen LogP) is 5.49. The molecule has 1 aromatic heterocycles. The smallest absolute Gasteiger partial charge is 0.362 e. The highest BCUT2D eigenvalue weighted by Crippen LogP contribution is 2.46. The highest BCUT2D eigenvalue weighted by atomic mass is 79.9. The van der Waals surface area contributed by atoms with Crippen LogP contribution in [0, 0.1) is 0 Å². The molecule has 0 bridgehead atoms. The van der Waals surface area contributed by atoms with Crippen molar-refractivity contribution in [3.05, 3.63) is 45.0 Å². The van der Waals surface area contributed by atoms with Crippen molar-refractivity contribution in [2.45, 2.75) is 51.0 Å². The van der Waals surface area contributed by atoms with Crippen LogP contribution in [0.15, 0.2) is 28.7 Å². The lowest BCUT2D eigenvalue weighted by Crippen LogP contribution is -2.41. The number of anilines is 1. The summed E-state index contributed by atoms with van der Waals surface area (Å²) in [5.74, 6) is -0.635. The average Bonchev–Trinajstić information content (AvgIpc) is 2.89. The molecular weight excluding hydrogens is 461 g/mol. The van der Waals surface area contributed by atoms with E-state index in [0.29, 0.717) is 5.56 Å². The summed E-state index contributed by atoms with van der Waals surface area (Å²) in [6, 6.07) is 4.47. The zero-order valence-corrected chi connectivity index (χ0v) is 17.7. The minimum absolute atomic E-state index is 0.0118. The summed E-state index contributed by atoms with van der Waals surface area (Å²) in [6.45, 7) is 5.28. The average molecular weight is 480 g/mol. The molecule has 0 radical (unpaired) electrons. The number of carbonyl (C=O) groups excluding carboxylic acids is 1. The van der Waals surface area contributed by atoms with E-state index in [2.05, 4.69) is 31.7 Å². The van der Waals surface area contributed by atoms with Crippen LogP contribution in [0.2, 0.25) is 5.02 Å². The fourth-order valence-corrected chi connectivity index (χ4v) is 3.58. The molecule has 5 nitrogen and oxygen atoms in total. The van der Waals surface area contributed by atoms with Gasteiger partial charge in [0.15, 0.2) is 11.7 Å². The van der Waals surface area contributed by atoms with Crippen molar-refractivity contribution in [2.24, 2.45) is 0 Å². The van der Waals surface area contributed by atoms with Gasteiger partial charge in [-0.2, -0.15) is 18.3 Å². The second kappa shape index (κ2) is 7.26. The first kappa shape index (κ1) is 21.0. The highest BCUT2D eigenvalue weighted by Gasteiger charge is 2.48. The lowest BCUT2D eigenvalue weighted by Gasteiger charge is -2.33. The molecule has 2 atom stereocenters. The Kier molecular flexibility index (Phi) is 5.44. The molecule has 0 saturated carbocycles. The molecule has 0 spiro atoms. The first-order chi connectivity index (χ1) is 12.9. The van der Waals surface area contributed by atoms with Crippen molar-refractivity contribution in [1.82, 2.24) is 15.1 Å². The molecule has 1 aliphatic rings. The van der Waals surface area contributed by atoms with Gasteiger partial charge in [-0.05, 0) is 38.5 Å². The minimum Gasteiger partial charge on any atom is -0.362 e. The minimum atomic E-state index is -4.54. The van der Waals surface area contributed by atoms with E-state index < -0.39 is 29.7 Å². The number of carbonyl (C=O) groups is 1. The maximum Gasteiger partial charge on any atom is 0.410 e. The van der Waals surface area contributed by atoms with Crippen LogP contribution in [0.4, 0.5) is 19.0 Å². The topological polar surface area (TPSA) is 59.0 Å². The fourth-order valence-electron chi connectivity index (χ4n) is 3.05. The fraction of sp³-hybridized carbons (Fsp3) is 0.444. The van der Waals surface area contributed by atoms with E-state index in [-0.39, 0.29) is 23.0 Å². The van der Waals surface area contributed by atoms with Crippen LogP contribution in [0.25, 0.3) is 0 Å². The van der Waals surface area contributed by atoms with Crippen LogP contribution in [-0.2, 0) is 0 Å². The molecule has 1 aromatic carbocycles. The summed E-state index contributed by atoms with van der Waals surface area (Å²) < 4.78 is 42.8. The third-order valence-electron chi connectivity index (χ3n) is 4.27. The first-order valence-electron chi connectivity index (χ1n) is 8.56. The molecule has 0 aliphatic carbocycles. The van der Waals surface area contributed by atoms with Gasteiger partial charge in [0.05, 0.1) is 6.04 Å². The van der Waals surface area contributed by atoms with Gasteiger partial charge in [0, 0.05) is 16.4 Å². The van der Waals surface area contributed by atoms with Gasteiger partial charge in [-0.1, -0.05) is 39.7 Å². The first-order valence-corrected chi connectivity index (χ1v) is 9.73. The van der Waals surface area contributed by atoms with Crippen molar-refractivity contribution in [1.29, 1.82) is 0 Å². The standard InChI is InChI=1S/C18H19BrClF3N4O/c1-17(2,3)25-16(28)14-13(20)15-24-11(9-4-6-10(19)7-5-9)8-12(18(21,22)23)27(15)26-14/h4-7,11-12,24H,8H2,1-3H3,(H,25,28)/t11-,12+/m0/s1. The SMILES string of the molecule is CC(C)(C)NC(=O)c1nn2c(c1Cl)N[C@H](c1ccc(Br)cc1)C[C@@H]2C(F)(F)F. The number of hydrogen-bond acceptors (Lipinski definition) is 3. The van der Waals surface area contributed by atoms with E-state index in [0.717, 1.165) is 9.15 Å². The van der Waals surface area contributed by atoms with Gasteiger partial charge in [-0.15, -0.1) is 0 Å². The van der Waals surface area contributed by atoms with Gasteiger partial charge in [0.1, 0.15) is 10.8 Å². The Hall–Kier alpha value is -1.74. The van der Waals surface area contributed by atoms with Gasteiger partial charge in [-0.3, -0.25) is 4.79 Å². The Morgan fingerprint density at radius 3 is 2.43 bits per heavy atom. The molecule has 2 heterocycles. The van der Waals surface area contributed by atoms with E-state index in [9.17, 15) is 18.0 Å². The van der Waals surface area contributed by atoms with Crippen LogP contribution in [0.5, 0.6) is 0 Å². The molecule has 10 heteroatoms. The number of rotatable bonds is 2. The monoisotopic (exact) mass is 478 g/mol. The van der Waals surface area contributed by atoms with Gasteiger partial charge in [0.2, 0.25) is 0 Å². The molecule has 2 aromatic rings. The second-order valence-corrected chi connectivity index (χ2v) is 9.00. The second-order valence-electron chi connectivity index (χ2n) is 7.70. The molecule has 3 rings (SSSR count). The summed E-state index contributed by atoms with van der Waals surface area (Å²) in [4.78, 5) is 12.5. The van der Waals surface area contributed by atoms with E-state index in [1.165, 1.54) is 0 Å². The Bertz CT molecular complexity index is 890. The summed E-state index contributed by atoms with van der Waals surface area (Å²) in [5.41, 5.74) is -0.132. The Balaban J connectivity index is 2.03. The van der Waals surface area contributed by atoms with Gasteiger partial charge < -0.3 is 10.6 Å². The zero-order valence-electron chi connectivity index (χ0n) is 15.4. The zero-order chi connectivity index (χ0) is 20.9. The van der Waals surface area contributed by atoms with Gasteiger partial charge in [-0.25, -0.2) is 4.68 Å². The third-order valence-corrected chi connectivity index (χ3v) is 5.16. The predicted molar refractivity (Wildman–Crippen MR) is 105 cm³/mol. The highest BCUT2D eigenvalue weighted by molar-refractivity contribution is 9.10. The Morgan fingerprint density at radius 2 is 1.89 bits per heavy atom. The van der Waals surface area contributed by atoms with Crippen LogP contribution in [-0.4, -0.2) is 27.4 Å². The molecule has 1 aliphatic heterocycles. The molecule has 2 N–H and O–H groups in total. The number of fused-ring (bicyclic) bond motifs is 1. The largest absolute Gasteiger partial charge is 0.410 e. The number of nitrogens with zero attached hydrogens (tertiary/aromatic N) is 2. The maximum atomic E-state index is 13.7. The van der Waals surface area contributed by atoms with Crippen LogP contribution in [0.3, 0.4) is 0 Å². The quantitative estimate of drug-likeness (QED) is 0.599. The van der Waals surface area contributed by atoms with Gasteiger partial charge in [0.25, 0.3) is 5.91 Å². The number of hydrogen-bond donors (Lipinski definition) is 2. The summed E-state index contributed by atoms with van der Waals surface area (Å²) >= 11 is 9.59. The summed E-state index contributed by atoms with van der Waals surface area (Å²) in [6.07, 6.45) is -4.81. The van der Waals surface area contributed by atoms with Crippen molar-refractivity contribution in [3.8, 4) is 0 Å². The lowest BCUT2D eigenvalue weighted by atomic mass is 9.97. The van der Waals surface area contributed by atoms with Crippen LogP contribution >= 0.6 is 27.5 Å². The maximum absolute atomic E-state index is 13.7. The molecule has 28 heavy (non-hydrogen) atoms. The molecule has 0 unspecified atom stereocenters. The van der Waals surface area contributed by atoms with Crippen molar-refractivity contribution in [2.75, 3.05) is 5.32 Å². The number of alkyl halides is 3. The van der Waals surface area contributed by atoms with E-state index in [4.69, 9.17) is 11.6 Å². The molecule has 0 fully saturated rings. The van der Waals surface area contributed by atoms with Crippen LogP contribution in [0.1, 0.15) is 55.3 Å². The number of benzene rings is 1. The molecule has 152 valence electrons. The lowest BCUT2D eigenvalue weighted by molar-refractivity contribution is -0.173. The number of amides is 1. The molecule has 0 saturated heterocycles. The molecule has 1 amide bonds. The van der Waals surface area contributed by atoms with Gasteiger partial charge >= 0.3 is 6.18 Å². The molecular formula is C18H19BrClF3N4O. The van der Waals surface area contributed by atoms with E-state index in [1.807, 2.05) is 0 Å². The van der Waals surface area contributed by atoms with E-state index in [1.54, 1.807) is 45.0 Å². The Labute approximate surface area is 173 Å². The summed E-state index contributed by atoms with van der Waals surface area (Å²) in [7, 11) is 0. The van der Waals surface area contributed by atoms with Crippen molar-refractivity contribution >= 4 is 39.3 Å². The summed E-state index contributed by atoms with van der Waals surface area (Å²) in [5, 5.41) is 9.47. The third kappa shape index (κ3) is 4.30. The van der Waals surface area contributed by atoms with E-state index >= 15 is 0 Å². The van der Waals surface area contributed by atoms with Crippen LogP contribution < -0.4 is 10.6 Å². The Morgan fingerprint density at radius 1 is 1.29 bits per heavy atom. The number of halogens is 5. The van der Waals surface area contributed by atoms with Crippen molar-refractivity contribution < 1.29 is 18.0 Å². The normalized spacial score (nSPS) is 19.7. The number of aromatic nitrogens is 2.